The number of amides is 1. The second-order valence-corrected chi connectivity index (χ2v) is 10.7. The summed E-state index contributed by atoms with van der Waals surface area (Å²) in [5, 5.41) is 0. The van der Waals surface area contributed by atoms with E-state index in [9.17, 15) is 4.79 Å². The van der Waals surface area contributed by atoms with Crippen molar-refractivity contribution in [2.75, 3.05) is 20.1 Å². The van der Waals surface area contributed by atoms with Gasteiger partial charge in [-0.05, 0) is 35.1 Å². The number of aliphatic imine (C=N–C) groups is 1. The number of likely N-dealkylation sites (N-methyl/N-ethyl adjacent to an activating group) is 2. The third-order valence-electron chi connectivity index (χ3n) is 7.93. The van der Waals surface area contributed by atoms with Crippen molar-refractivity contribution in [1.82, 2.24) is 19.6 Å². The Balaban J connectivity index is 1.44. The molecule has 1 unspecified atom stereocenters. The third-order valence-corrected chi connectivity index (χ3v) is 7.93. The van der Waals surface area contributed by atoms with Gasteiger partial charge in [0.25, 0.3) is 5.91 Å². The van der Waals surface area contributed by atoms with Gasteiger partial charge in [0.2, 0.25) is 5.96 Å². The molecule has 6 heteroatoms. The molecule has 0 radical (unpaired) electrons. The van der Waals surface area contributed by atoms with E-state index in [0.717, 1.165) is 29.6 Å². The number of nitrogens with zero attached hydrogens (tertiary/aromatic N) is 5. The largest absolute Gasteiger partial charge is 0.343 e. The molecule has 0 aliphatic carbocycles. The molecule has 2 atom stereocenters. The van der Waals surface area contributed by atoms with Gasteiger partial charge >= 0.3 is 0 Å². The molecule has 0 N–H and O–H groups in total. The molecule has 38 heavy (non-hydrogen) atoms. The molecule has 3 aliphatic rings. The highest BCUT2D eigenvalue weighted by atomic mass is 16.2. The highest BCUT2D eigenvalue weighted by Gasteiger charge is 2.51. The predicted molar refractivity (Wildman–Crippen MR) is 152 cm³/mol. The van der Waals surface area contributed by atoms with Crippen LogP contribution < -0.4 is 0 Å². The molecule has 0 bridgehead atoms. The summed E-state index contributed by atoms with van der Waals surface area (Å²) in [6.07, 6.45) is -0.106. The van der Waals surface area contributed by atoms with Crippen LogP contribution in [0.4, 0.5) is 0 Å². The monoisotopic (exact) mass is 505 g/mol. The van der Waals surface area contributed by atoms with Gasteiger partial charge in [0, 0.05) is 20.1 Å². The highest BCUT2D eigenvalue weighted by molar-refractivity contribution is 6.09. The molecule has 6 rings (SSSR count). The van der Waals surface area contributed by atoms with Gasteiger partial charge in [-0.15, -0.1) is 0 Å². The summed E-state index contributed by atoms with van der Waals surface area (Å²) in [4.78, 5) is 27.7. The van der Waals surface area contributed by atoms with Crippen LogP contribution in [0.5, 0.6) is 0 Å². The van der Waals surface area contributed by atoms with Gasteiger partial charge < -0.3 is 9.80 Å². The highest BCUT2D eigenvalue weighted by Crippen LogP contribution is 2.45. The Morgan fingerprint density at radius 3 is 2.16 bits per heavy atom. The van der Waals surface area contributed by atoms with Crippen molar-refractivity contribution >= 4 is 11.9 Å². The van der Waals surface area contributed by atoms with Gasteiger partial charge in [-0.1, -0.05) is 98.8 Å². The van der Waals surface area contributed by atoms with E-state index >= 15 is 0 Å². The van der Waals surface area contributed by atoms with Crippen molar-refractivity contribution in [2.24, 2.45) is 10.9 Å². The maximum absolute atomic E-state index is 14.0. The normalized spacial score (nSPS) is 20.9. The number of guanidine groups is 1. The fourth-order valence-electron chi connectivity index (χ4n) is 5.88. The molecule has 6 nitrogen and oxygen atoms in total. The topological polar surface area (TPSA) is 42.4 Å². The molecule has 0 aromatic heterocycles. The van der Waals surface area contributed by atoms with Gasteiger partial charge in [-0.2, -0.15) is 0 Å². The molecule has 1 amide bonds. The first-order valence-electron chi connectivity index (χ1n) is 13.6. The van der Waals surface area contributed by atoms with E-state index in [0.29, 0.717) is 19.0 Å². The maximum atomic E-state index is 14.0. The zero-order valence-electron chi connectivity index (χ0n) is 22.6. The fraction of sp³-hybridized carbons (Fsp3) is 0.312. The van der Waals surface area contributed by atoms with Crippen LogP contribution in [0.2, 0.25) is 0 Å². The number of rotatable bonds is 6. The summed E-state index contributed by atoms with van der Waals surface area (Å²) in [7, 11) is 2.06. The summed E-state index contributed by atoms with van der Waals surface area (Å²) in [5.41, 5.74) is 5.51. The lowest BCUT2D eigenvalue weighted by molar-refractivity contribution is -0.125. The van der Waals surface area contributed by atoms with Gasteiger partial charge in [0.05, 0.1) is 12.6 Å². The van der Waals surface area contributed by atoms with Gasteiger partial charge in [-0.25, -0.2) is 4.99 Å². The van der Waals surface area contributed by atoms with E-state index in [1.165, 1.54) is 16.7 Å². The molecule has 3 heterocycles. The zero-order chi connectivity index (χ0) is 26.4. The molecule has 0 saturated heterocycles. The van der Waals surface area contributed by atoms with Crippen molar-refractivity contribution in [3.63, 3.8) is 0 Å². The Morgan fingerprint density at radius 2 is 1.53 bits per heavy atom. The molecular weight excluding hydrogens is 470 g/mol. The van der Waals surface area contributed by atoms with Crippen LogP contribution in [0.3, 0.4) is 0 Å². The lowest BCUT2D eigenvalue weighted by Crippen LogP contribution is -2.52. The lowest BCUT2D eigenvalue weighted by Gasteiger charge is -2.38. The first-order valence-corrected chi connectivity index (χ1v) is 13.6. The average molecular weight is 506 g/mol. The van der Waals surface area contributed by atoms with E-state index in [4.69, 9.17) is 4.99 Å². The minimum Gasteiger partial charge on any atom is -0.343 e. The number of benzene rings is 3. The summed E-state index contributed by atoms with van der Waals surface area (Å²) in [5.74, 6) is 2.20. The van der Waals surface area contributed by atoms with Crippen LogP contribution in [0, 0.1) is 5.92 Å². The van der Waals surface area contributed by atoms with Crippen LogP contribution in [0.15, 0.2) is 101 Å². The number of carbonyl (C=O) groups is 1. The average Bonchev–Trinajstić information content (AvgIpc) is 3.50. The molecule has 0 spiro atoms. The Labute approximate surface area is 225 Å². The first kappa shape index (κ1) is 24.3. The molecular formula is C32H35N5O. The summed E-state index contributed by atoms with van der Waals surface area (Å²) >= 11 is 0. The number of fused-ring (bicyclic) bond motifs is 2. The molecule has 3 aromatic carbocycles. The summed E-state index contributed by atoms with van der Waals surface area (Å²) < 4.78 is 0. The quantitative estimate of drug-likeness (QED) is 0.442. The van der Waals surface area contributed by atoms with Crippen LogP contribution in [0.25, 0.3) is 11.1 Å². The van der Waals surface area contributed by atoms with Crippen molar-refractivity contribution in [3.8, 4) is 11.1 Å². The Bertz CT molecular complexity index is 1380. The van der Waals surface area contributed by atoms with E-state index in [2.05, 4.69) is 108 Å². The maximum Gasteiger partial charge on any atom is 0.280 e. The second-order valence-electron chi connectivity index (χ2n) is 10.7. The standard InChI is InChI=1S/C32H35N5O/c1-5-35-31(38)28-30(37-21-27(22(2)3)33-32(35)37)36(20-23-12-8-6-9-13-23)29(34(28)4)26-18-16-25(17-19-26)24-14-10-7-11-15-24/h6-19,22,27,29H,5,20-21H2,1-4H3/t27-,29?/m0/s1. The van der Waals surface area contributed by atoms with Gasteiger partial charge in [-0.3, -0.25) is 14.6 Å². The first-order chi connectivity index (χ1) is 18.5. The predicted octanol–water partition coefficient (Wildman–Crippen LogP) is 5.53. The van der Waals surface area contributed by atoms with Crippen LogP contribution in [-0.4, -0.2) is 57.6 Å². The van der Waals surface area contributed by atoms with Crippen LogP contribution in [-0.2, 0) is 11.3 Å². The van der Waals surface area contributed by atoms with Crippen LogP contribution >= 0.6 is 0 Å². The second kappa shape index (κ2) is 9.67. The van der Waals surface area contributed by atoms with E-state index in [1.807, 2.05) is 24.0 Å². The number of carbonyl (C=O) groups excluding carboxylic acids is 1. The molecule has 0 saturated carbocycles. The minimum absolute atomic E-state index is 0.0332. The van der Waals surface area contributed by atoms with E-state index < -0.39 is 0 Å². The Morgan fingerprint density at radius 1 is 0.895 bits per heavy atom. The van der Waals surface area contributed by atoms with E-state index in [1.54, 1.807) is 0 Å². The Hall–Kier alpha value is -4.06. The summed E-state index contributed by atoms with van der Waals surface area (Å²) in [6, 6.07) is 29.9. The molecule has 3 aliphatic heterocycles. The summed E-state index contributed by atoms with van der Waals surface area (Å²) in [6.45, 7) is 8.53. The fourth-order valence-corrected chi connectivity index (χ4v) is 5.88. The van der Waals surface area contributed by atoms with Crippen molar-refractivity contribution in [2.45, 2.75) is 39.5 Å². The van der Waals surface area contributed by atoms with Gasteiger partial charge in [0.15, 0.2) is 0 Å². The van der Waals surface area contributed by atoms with E-state index in [-0.39, 0.29) is 18.1 Å². The minimum atomic E-state index is -0.106. The molecule has 3 aromatic rings. The zero-order valence-corrected chi connectivity index (χ0v) is 22.6. The third kappa shape index (κ3) is 3.95. The van der Waals surface area contributed by atoms with Crippen molar-refractivity contribution in [3.05, 3.63) is 108 Å². The van der Waals surface area contributed by atoms with Gasteiger partial charge in [0.1, 0.15) is 17.7 Å². The van der Waals surface area contributed by atoms with Crippen molar-refractivity contribution in [1.29, 1.82) is 0 Å². The number of hydrogen-bond donors (Lipinski definition) is 0. The lowest BCUT2D eigenvalue weighted by atomic mass is 10.0. The Kier molecular flexibility index (Phi) is 6.18. The number of hydrogen-bond acceptors (Lipinski definition) is 5. The van der Waals surface area contributed by atoms with Crippen molar-refractivity contribution < 1.29 is 4.79 Å². The smallest absolute Gasteiger partial charge is 0.280 e. The molecule has 0 fully saturated rings. The van der Waals surface area contributed by atoms with Crippen LogP contribution in [0.1, 0.15) is 38.1 Å². The SMILES string of the molecule is CCN1C(=O)C2=C(N3C[C@@H](C(C)C)N=C13)N(Cc1ccccc1)C(c1ccc(-c3ccccc3)cc1)N2C. The molecule has 194 valence electrons.